The number of nitrogens with zero attached hydrogens (tertiary/aromatic N) is 6. The van der Waals surface area contributed by atoms with E-state index in [1.165, 1.54) is 11.9 Å². The van der Waals surface area contributed by atoms with E-state index in [0.717, 1.165) is 50.4 Å². The first-order valence-corrected chi connectivity index (χ1v) is 10.1. The molecule has 1 spiro atoms. The summed E-state index contributed by atoms with van der Waals surface area (Å²) in [6, 6.07) is 14.3. The Bertz CT molecular complexity index is 972. The summed E-state index contributed by atoms with van der Waals surface area (Å²) < 4.78 is 1.75. The van der Waals surface area contributed by atoms with Gasteiger partial charge in [0.1, 0.15) is 12.7 Å². The van der Waals surface area contributed by atoms with Crippen LogP contribution in [0, 0.1) is 5.41 Å². The minimum atomic E-state index is -0.213. The lowest BCUT2D eigenvalue weighted by Crippen LogP contribution is -2.36. The summed E-state index contributed by atoms with van der Waals surface area (Å²) in [5.74, 6) is 0.298. The molecule has 1 unspecified atom stereocenters. The maximum Gasteiger partial charge on any atom is 0.230 e. The standard InChI is InChI=1S/C22H24N6O/c29-21-22(9-12-27(21)14-19-3-1-2-10-24-19)8-11-26(15-22)13-18-4-6-20(7-5-18)28-17-23-16-25-28/h1-7,10,16-17H,8-9,11-15H2. The van der Waals surface area contributed by atoms with Crippen molar-refractivity contribution in [1.82, 2.24) is 29.5 Å². The molecule has 1 amide bonds. The molecule has 2 fully saturated rings. The molecule has 0 radical (unpaired) electrons. The number of carbonyl (C=O) groups excluding carboxylic acids is 1. The first-order valence-electron chi connectivity index (χ1n) is 10.1. The molecule has 29 heavy (non-hydrogen) atoms. The molecule has 3 aromatic rings. The van der Waals surface area contributed by atoms with Gasteiger partial charge in [0, 0.05) is 25.8 Å². The zero-order valence-electron chi connectivity index (χ0n) is 16.3. The summed E-state index contributed by atoms with van der Waals surface area (Å²) in [7, 11) is 0. The molecule has 0 saturated carbocycles. The van der Waals surface area contributed by atoms with Gasteiger partial charge in [-0.05, 0) is 49.2 Å². The molecule has 1 atom stereocenters. The van der Waals surface area contributed by atoms with Gasteiger partial charge in [-0.2, -0.15) is 5.10 Å². The minimum Gasteiger partial charge on any atom is -0.336 e. The number of likely N-dealkylation sites (tertiary alicyclic amines) is 2. The highest BCUT2D eigenvalue weighted by molar-refractivity contribution is 5.85. The number of amides is 1. The third-order valence-corrected chi connectivity index (χ3v) is 6.14. The lowest BCUT2D eigenvalue weighted by atomic mass is 9.85. The normalized spacial score (nSPS) is 22.1. The number of rotatable bonds is 5. The molecule has 148 valence electrons. The predicted octanol–water partition coefficient (Wildman–Crippen LogP) is 2.29. The van der Waals surface area contributed by atoms with Crippen LogP contribution in [0.2, 0.25) is 0 Å². The SMILES string of the molecule is O=C1N(Cc2ccccn2)CCC12CCN(Cc1ccc(-n3cncn3)cc1)C2. The van der Waals surface area contributed by atoms with Gasteiger partial charge < -0.3 is 4.90 Å². The Balaban J connectivity index is 1.21. The van der Waals surface area contributed by atoms with Gasteiger partial charge in [-0.15, -0.1) is 0 Å². The largest absolute Gasteiger partial charge is 0.336 e. The van der Waals surface area contributed by atoms with Gasteiger partial charge >= 0.3 is 0 Å². The molecule has 4 heterocycles. The Morgan fingerprint density at radius 2 is 1.86 bits per heavy atom. The van der Waals surface area contributed by atoms with Crippen molar-refractivity contribution >= 4 is 5.91 Å². The number of aromatic nitrogens is 4. The Kier molecular flexibility index (Phi) is 4.60. The van der Waals surface area contributed by atoms with Crippen LogP contribution in [0.5, 0.6) is 0 Å². The van der Waals surface area contributed by atoms with E-state index in [-0.39, 0.29) is 5.41 Å². The fourth-order valence-electron chi connectivity index (χ4n) is 4.56. The van der Waals surface area contributed by atoms with Crippen LogP contribution >= 0.6 is 0 Å². The Labute approximate surface area is 170 Å². The zero-order valence-corrected chi connectivity index (χ0v) is 16.3. The van der Waals surface area contributed by atoms with Crippen molar-refractivity contribution in [3.63, 3.8) is 0 Å². The van der Waals surface area contributed by atoms with E-state index in [1.54, 1.807) is 17.2 Å². The van der Waals surface area contributed by atoms with Crippen molar-refractivity contribution in [2.45, 2.75) is 25.9 Å². The van der Waals surface area contributed by atoms with Crippen molar-refractivity contribution in [1.29, 1.82) is 0 Å². The van der Waals surface area contributed by atoms with E-state index in [0.29, 0.717) is 12.5 Å². The van der Waals surface area contributed by atoms with Gasteiger partial charge in [0.15, 0.2) is 0 Å². The van der Waals surface area contributed by atoms with Gasteiger partial charge in [-0.3, -0.25) is 14.7 Å². The predicted molar refractivity (Wildman–Crippen MR) is 108 cm³/mol. The fourth-order valence-corrected chi connectivity index (χ4v) is 4.56. The quantitative estimate of drug-likeness (QED) is 0.671. The third-order valence-electron chi connectivity index (χ3n) is 6.14. The molecule has 5 rings (SSSR count). The summed E-state index contributed by atoms with van der Waals surface area (Å²) in [5.41, 5.74) is 3.00. The smallest absolute Gasteiger partial charge is 0.230 e. The van der Waals surface area contributed by atoms with E-state index >= 15 is 0 Å². The second kappa shape index (κ2) is 7.40. The summed E-state index contributed by atoms with van der Waals surface area (Å²) in [4.78, 5) is 25.9. The molecule has 2 aliphatic heterocycles. The molecular formula is C22H24N6O. The average molecular weight is 388 g/mol. The highest BCUT2D eigenvalue weighted by Gasteiger charge is 2.50. The lowest BCUT2D eigenvalue weighted by molar-refractivity contribution is -0.136. The summed E-state index contributed by atoms with van der Waals surface area (Å²) >= 11 is 0. The van der Waals surface area contributed by atoms with Crippen molar-refractivity contribution in [3.05, 3.63) is 72.6 Å². The molecular weight excluding hydrogens is 364 g/mol. The Morgan fingerprint density at radius 1 is 1.00 bits per heavy atom. The highest BCUT2D eigenvalue weighted by atomic mass is 16.2. The molecule has 1 aromatic carbocycles. The van der Waals surface area contributed by atoms with Gasteiger partial charge in [0.05, 0.1) is 23.3 Å². The van der Waals surface area contributed by atoms with Crippen LogP contribution < -0.4 is 0 Å². The lowest BCUT2D eigenvalue weighted by Gasteiger charge is -2.23. The summed E-state index contributed by atoms with van der Waals surface area (Å²) in [5, 5.41) is 4.16. The monoisotopic (exact) mass is 388 g/mol. The molecule has 2 aliphatic rings. The molecule has 0 bridgehead atoms. The third kappa shape index (κ3) is 3.53. The maximum absolute atomic E-state index is 13.2. The van der Waals surface area contributed by atoms with Crippen LogP contribution in [0.3, 0.4) is 0 Å². The van der Waals surface area contributed by atoms with E-state index in [4.69, 9.17) is 0 Å². The van der Waals surface area contributed by atoms with Crippen molar-refractivity contribution < 1.29 is 4.79 Å². The second-order valence-corrected chi connectivity index (χ2v) is 8.05. The van der Waals surface area contributed by atoms with E-state index in [9.17, 15) is 4.79 Å². The number of hydrogen-bond donors (Lipinski definition) is 0. The summed E-state index contributed by atoms with van der Waals surface area (Å²) in [6.45, 7) is 4.12. The average Bonchev–Trinajstić information content (AvgIpc) is 3.48. The van der Waals surface area contributed by atoms with Crippen LogP contribution in [0.1, 0.15) is 24.1 Å². The number of carbonyl (C=O) groups is 1. The van der Waals surface area contributed by atoms with Crippen molar-refractivity contribution in [2.24, 2.45) is 5.41 Å². The van der Waals surface area contributed by atoms with Crippen LogP contribution in [0.4, 0.5) is 0 Å². The van der Waals surface area contributed by atoms with Gasteiger partial charge in [-0.25, -0.2) is 9.67 Å². The zero-order chi connectivity index (χ0) is 19.7. The maximum atomic E-state index is 13.2. The summed E-state index contributed by atoms with van der Waals surface area (Å²) in [6.07, 6.45) is 6.91. The molecule has 2 saturated heterocycles. The van der Waals surface area contributed by atoms with Crippen LogP contribution in [-0.4, -0.2) is 55.1 Å². The first kappa shape index (κ1) is 18.0. The van der Waals surface area contributed by atoms with E-state index in [2.05, 4.69) is 44.2 Å². The van der Waals surface area contributed by atoms with E-state index < -0.39 is 0 Å². The Morgan fingerprint density at radius 3 is 2.62 bits per heavy atom. The number of benzene rings is 1. The molecule has 0 N–H and O–H groups in total. The number of hydrogen-bond acceptors (Lipinski definition) is 5. The number of pyridine rings is 1. The Hall–Kier alpha value is -3.06. The minimum absolute atomic E-state index is 0.213. The molecule has 2 aromatic heterocycles. The molecule has 0 aliphatic carbocycles. The van der Waals surface area contributed by atoms with Crippen LogP contribution in [0.25, 0.3) is 5.69 Å². The van der Waals surface area contributed by atoms with Gasteiger partial charge in [0.25, 0.3) is 0 Å². The van der Waals surface area contributed by atoms with Crippen molar-refractivity contribution in [3.8, 4) is 5.69 Å². The molecule has 7 nitrogen and oxygen atoms in total. The second-order valence-electron chi connectivity index (χ2n) is 8.05. The molecule has 7 heteroatoms. The van der Waals surface area contributed by atoms with Crippen molar-refractivity contribution in [2.75, 3.05) is 19.6 Å². The van der Waals surface area contributed by atoms with Crippen LogP contribution in [0.15, 0.2) is 61.3 Å². The van der Waals surface area contributed by atoms with Gasteiger partial charge in [0.2, 0.25) is 5.91 Å². The highest BCUT2D eigenvalue weighted by Crippen LogP contribution is 2.41. The first-order chi connectivity index (χ1) is 14.2. The fraction of sp³-hybridized carbons (Fsp3) is 0.364. The van der Waals surface area contributed by atoms with E-state index in [1.807, 2.05) is 23.1 Å². The van der Waals surface area contributed by atoms with Crippen LogP contribution in [-0.2, 0) is 17.9 Å². The van der Waals surface area contributed by atoms with Gasteiger partial charge in [-0.1, -0.05) is 18.2 Å². The topological polar surface area (TPSA) is 67.2 Å².